The lowest BCUT2D eigenvalue weighted by Gasteiger charge is -2.15. The van der Waals surface area contributed by atoms with E-state index in [-0.39, 0.29) is 48.7 Å². The third-order valence-corrected chi connectivity index (χ3v) is 6.45. The van der Waals surface area contributed by atoms with Crippen molar-refractivity contribution in [1.29, 1.82) is 0 Å². The molecule has 1 atom stereocenters. The second-order valence-corrected chi connectivity index (χ2v) is 10.4. The number of aliphatic carboxylic acids is 2. The number of H-pyrrole nitrogens is 1. The average Bonchev–Trinajstić information content (AvgIpc) is 3.01. The fraction of sp³-hybridized carbons (Fsp3) is 0.310. The maximum absolute atomic E-state index is 12.7. The van der Waals surface area contributed by atoms with Gasteiger partial charge in [0.2, 0.25) is 17.8 Å². The van der Waals surface area contributed by atoms with Crippen molar-refractivity contribution in [2.24, 2.45) is 5.92 Å². The van der Waals surface area contributed by atoms with Crippen LogP contribution in [0.2, 0.25) is 0 Å². The smallest absolute Gasteiger partial charge is 0.332 e. The van der Waals surface area contributed by atoms with Gasteiger partial charge in [0.15, 0.2) is 16.9 Å². The number of nitrogens with one attached hydrogen (secondary N) is 5. The van der Waals surface area contributed by atoms with Crippen LogP contribution < -0.4 is 32.6 Å². The molecule has 0 saturated heterocycles. The summed E-state index contributed by atoms with van der Waals surface area (Å²) >= 11 is 0. The molecule has 0 spiro atoms. The van der Waals surface area contributed by atoms with Crippen LogP contribution in [0.3, 0.4) is 0 Å². The normalized spacial score (nSPS) is 11.9. The number of fused-ring (bicyclic) bond motifs is 1. The first-order valence-corrected chi connectivity index (χ1v) is 14.1. The SMILES string of the molecule is CC(C)C(=O)/C=C(/CC(=O)NCNC(=O)CC[C@H](NC(=O)c1ccc(NCc2cnc3nc(N)[nH]c(=O)c3n2)cc1)C(=O)O)C(=O)O. The number of anilines is 2. The van der Waals surface area contributed by atoms with E-state index in [2.05, 4.69) is 41.2 Å². The van der Waals surface area contributed by atoms with Crippen molar-refractivity contribution in [3.63, 3.8) is 0 Å². The Morgan fingerprint density at radius 1 is 1.00 bits per heavy atom. The van der Waals surface area contributed by atoms with Crippen LogP contribution in [0.1, 0.15) is 49.2 Å². The number of nitrogen functional groups attached to an aromatic ring is 1. The quantitative estimate of drug-likeness (QED) is 0.0728. The highest BCUT2D eigenvalue weighted by Gasteiger charge is 2.22. The zero-order valence-corrected chi connectivity index (χ0v) is 25.3. The number of aromatic amines is 1. The summed E-state index contributed by atoms with van der Waals surface area (Å²) in [7, 11) is 0. The molecule has 0 aliphatic heterocycles. The van der Waals surface area contributed by atoms with Gasteiger partial charge in [-0.15, -0.1) is 0 Å². The van der Waals surface area contributed by atoms with Crippen molar-refractivity contribution >= 4 is 58.2 Å². The summed E-state index contributed by atoms with van der Waals surface area (Å²) in [6, 6.07) is 4.67. The first-order valence-electron chi connectivity index (χ1n) is 14.1. The molecule has 0 unspecified atom stereocenters. The first kappa shape index (κ1) is 35.3. The van der Waals surface area contributed by atoms with Gasteiger partial charge in [0.05, 0.1) is 31.5 Å². The van der Waals surface area contributed by atoms with Gasteiger partial charge in [-0.1, -0.05) is 13.8 Å². The number of nitrogens with zero attached hydrogens (tertiary/aromatic N) is 3. The highest BCUT2D eigenvalue weighted by atomic mass is 16.4. The molecule has 248 valence electrons. The van der Waals surface area contributed by atoms with E-state index in [1.165, 1.54) is 18.3 Å². The number of hydrogen-bond donors (Lipinski definition) is 8. The van der Waals surface area contributed by atoms with Gasteiger partial charge in [0.1, 0.15) is 6.04 Å². The Morgan fingerprint density at radius 3 is 2.32 bits per heavy atom. The number of carboxylic acids is 2. The van der Waals surface area contributed by atoms with Crippen LogP contribution in [0.15, 0.2) is 46.9 Å². The van der Waals surface area contributed by atoms with E-state index in [0.29, 0.717) is 11.4 Å². The second-order valence-electron chi connectivity index (χ2n) is 10.4. The maximum Gasteiger partial charge on any atom is 0.332 e. The minimum atomic E-state index is -1.43. The molecule has 0 fully saturated rings. The van der Waals surface area contributed by atoms with Gasteiger partial charge in [-0.25, -0.2) is 19.6 Å². The zero-order chi connectivity index (χ0) is 34.7. The van der Waals surface area contributed by atoms with Crippen LogP contribution >= 0.6 is 0 Å². The molecule has 18 nitrogen and oxygen atoms in total. The number of benzene rings is 1. The first-order chi connectivity index (χ1) is 22.2. The van der Waals surface area contributed by atoms with Crippen LogP contribution in [-0.4, -0.2) is 78.3 Å². The van der Waals surface area contributed by atoms with E-state index in [4.69, 9.17) is 5.73 Å². The van der Waals surface area contributed by atoms with Gasteiger partial charge in [-0.05, 0) is 36.8 Å². The van der Waals surface area contributed by atoms with Crippen molar-refractivity contribution < 1.29 is 39.0 Å². The van der Waals surface area contributed by atoms with E-state index < -0.39 is 65.0 Å². The summed E-state index contributed by atoms with van der Waals surface area (Å²) in [6.07, 6.45) is 1.15. The molecule has 1 aromatic carbocycles. The number of carbonyl (C=O) groups is 6. The highest BCUT2D eigenvalue weighted by Crippen LogP contribution is 2.12. The van der Waals surface area contributed by atoms with E-state index in [0.717, 1.165) is 6.08 Å². The Morgan fingerprint density at radius 2 is 1.68 bits per heavy atom. The summed E-state index contributed by atoms with van der Waals surface area (Å²) in [5.41, 5.74) is 5.88. The Labute approximate surface area is 266 Å². The van der Waals surface area contributed by atoms with Crippen LogP contribution in [0.25, 0.3) is 11.2 Å². The number of nitrogens with two attached hydrogens (primary N) is 1. The van der Waals surface area contributed by atoms with Crippen molar-refractivity contribution in [3.8, 4) is 0 Å². The van der Waals surface area contributed by atoms with Crippen LogP contribution in [0.5, 0.6) is 0 Å². The van der Waals surface area contributed by atoms with Crippen LogP contribution in [0, 0.1) is 5.92 Å². The van der Waals surface area contributed by atoms with Gasteiger partial charge in [0, 0.05) is 29.2 Å². The van der Waals surface area contributed by atoms with E-state index in [1.807, 2.05) is 0 Å². The minimum absolute atomic E-state index is 0.0269. The predicted molar refractivity (Wildman–Crippen MR) is 166 cm³/mol. The molecule has 3 aromatic rings. The molecule has 0 radical (unpaired) electrons. The number of amides is 3. The van der Waals surface area contributed by atoms with Crippen molar-refractivity contribution in [3.05, 3.63) is 63.7 Å². The van der Waals surface area contributed by atoms with Gasteiger partial charge in [-0.2, -0.15) is 4.98 Å². The molecule has 0 aliphatic carbocycles. The highest BCUT2D eigenvalue weighted by molar-refractivity contribution is 6.02. The average molecular weight is 652 g/mol. The molecule has 18 heteroatoms. The number of aromatic nitrogens is 4. The molecule has 2 heterocycles. The largest absolute Gasteiger partial charge is 0.480 e. The molecule has 0 saturated carbocycles. The van der Waals surface area contributed by atoms with E-state index >= 15 is 0 Å². The number of hydrogen-bond acceptors (Lipinski definition) is 12. The molecule has 9 N–H and O–H groups in total. The lowest BCUT2D eigenvalue weighted by Crippen LogP contribution is -2.42. The Bertz CT molecular complexity index is 1770. The lowest BCUT2D eigenvalue weighted by atomic mass is 10.0. The van der Waals surface area contributed by atoms with E-state index in [1.54, 1.807) is 26.0 Å². The van der Waals surface area contributed by atoms with Gasteiger partial charge in [-0.3, -0.25) is 29.0 Å². The number of ketones is 1. The van der Waals surface area contributed by atoms with Crippen LogP contribution in [-0.2, 0) is 30.5 Å². The lowest BCUT2D eigenvalue weighted by molar-refractivity contribution is -0.139. The minimum Gasteiger partial charge on any atom is -0.480 e. The summed E-state index contributed by atoms with van der Waals surface area (Å²) < 4.78 is 0. The molecule has 0 aliphatic rings. The molecular formula is C29H33N9O9. The third kappa shape index (κ3) is 10.7. The van der Waals surface area contributed by atoms with Crippen molar-refractivity contribution in [2.75, 3.05) is 17.7 Å². The fourth-order valence-electron chi connectivity index (χ4n) is 3.85. The molecule has 47 heavy (non-hydrogen) atoms. The zero-order valence-electron chi connectivity index (χ0n) is 25.3. The summed E-state index contributed by atoms with van der Waals surface area (Å²) in [5.74, 6) is -5.85. The number of allylic oxidation sites excluding steroid dienone is 1. The summed E-state index contributed by atoms with van der Waals surface area (Å²) in [5, 5.41) is 28.8. The van der Waals surface area contributed by atoms with E-state index in [9.17, 15) is 43.8 Å². The topological polar surface area (TPSA) is 289 Å². The second kappa shape index (κ2) is 16.2. The monoisotopic (exact) mass is 651 g/mol. The Balaban J connectivity index is 1.45. The number of carbonyl (C=O) groups excluding carboxylic acids is 4. The summed E-state index contributed by atoms with van der Waals surface area (Å²) in [4.78, 5) is 98.4. The third-order valence-electron chi connectivity index (χ3n) is 6.45. The molecule has 3 rings (SSSR count). The number of rotatable bonds is 16. The number of carboxylic acid groups (broad SMARTS) is 2. The molecular weight excluding hydrogens is 618 g/mol. The summed E-state index contributed by atoms with van der Waals surface area (Å²) in [6.45, 7) is 2.98. The van der Waals surface area contributed by atoms with Gasteiger partial charge >= 0.3 is 11.9 Å². The standard InChI is InChI=1S/C29H33N9O9/c1-14(2)20(39)9-16(27(44)45)10-22(41)34-13-33-21(40)8-7-19(28(46)47)36-25(42)15-3-5-17(6-4-15)31-11-18-12-32-24-23(35-18)26(43)38-29(30)37-24/h3-6,9,12,14,19,31H,7-8,10-11,13H2,1-2H3,(H,33,40)(H,34,41)(H,36,42)(H,44,45)(H,46,47)(H3,30,32,37,38,43)/b16-9-/t19-/m0/s1. The van der Waals surface area contributed by atoms with Crippen molar-refractivity contribution in [1.82, 2.24) is 35.9 Å². The Hall–Kier alpha value is -6.20. The Kier molecular flexibility index (Phi) is 12.2. The van der Waals surface area contributed by atoms with Crippen molar-refractivity contribution in [2.45, 2.75) is 45.7 Å². The van der Waals surface area contributed by atoms with Gasteiger partial charge < -0.3 is 37.2 Å². The van der Waals surface area contributed by atoms with Crippen LogP contribution in [0.4, 0.5) is 11.6 Å². The maximum atomic E-state index is 12.7. The molecule has 2 aromatic heterocycles. The molecule has 3 amide bonds. The molecule has 0 bridgehead atoms. The van der Waals surface area contributed by atoms with Gasteiger partial charge in [0.25, 0.3) is 11.5 Å². The predicted octanol–water partition coefficient (Wildman–Crippen LogP) is -0.313. The fourth-order valence-corrected chi connectivity index (χ4v) is 3.85.